The first kappa shape index (κ1) is 17.0. The van der Waals surface area contributed by atoms with Crippen molar-refractivity contribution in [3.63, 3.8) is 0 Å². The van der Waals surface area contributed by atoms with E-state index in [4.69, 9.17) is 16.3 Å². The van der Waals surface area contributed by atoms with Crippen LogP contribution in [-0.2, 0) is 9.59 Å². The minimum atomic E-state index is -0.421. The summed E-state index contributed by atoms with van der Waals surface area (Å²) in [7, 11) is 0. The van der Waals surface area contributed by atoms with Gasteiger partial charge in [0.25, 0.3) is 11.5 Å². The number of halogens is 1. The van der Waals surface area contributed by atoms with Gasteiger partial charge in [-0.3, -0.25) is 19.3 Å². The van der Waals surface area contributed by atoms with Crippen molar-refractivity contribution in [1.29, 1.82) is 0 Å². The van der Waals surface area contributed by atoms with Gasteiger partial charge in [0.05, 0.1) is 27.9 Å². The molecule has 27 heavy (non-hydrogen) atoms. The molecule has 1 aromatic heterocycles. The van der Waals surface area contributed by atoms with E-state index in [0.29, 0.717) is 33.0 Å². The number of aromatic amines is 1. The first-order valence-electron chi connectivity index (χ1n) is 8.02. The summed E-state index contributed by atoms with van der Waals surface area (Å²) in [6, 6.07) is 9.79. The van der Waals surface area contributed by atoms with Crippen LogP contribution in [0.15, 0.2) is 47.5 Å². The lowest BCUT2D eigenvalue weighted by Gasteiger charge is -2.29. The molecule has 8 nitrogen and oxygen atoms in total. The van der Waals surface area contributed by atoms with E-state index in [-0.39, 0.29) is 24.6 Å². The second kappa shape index (κ2) is 6.73. The lowest BCUT2D eigenvalue weighted by atomic mass is 10.2. The molecule has 3 aromatic rings. The van der Waals surface area contributed by atoms with Crippen molar-refractivity contribution < 1.29 is 14.3 Å². The average molecular weight is 385 g/mol. The van der Waals surface area contributed by atoms with E-state index in [2.05, 4.69) is 15.3 Å². The second-order valence-electron chi connectivity index (χ2n) is 5.87. The number of hydrogen-bond acceptors (Lipinski definition) is 5. The third-order valence-corrected chi connectivity index (χ3v) is 4.40. The van der Waals surface area contributed by atoms with Crippen LogP contribution in [-0.4, -0.2) is 34.9 Å². The van der Waals surface area contributed by atoms with Crippen molar-refractivity contribution in [3.05, 3.63) is 58.1 Å². The highest BCUT2D eigenvalue weighted by Gasteiger charge is 2.28. The number of nitrogens with zero attached hydrogens (tertiary/aromatic N) is 2. The third-order valence-electron chi connectivity index (χ3n) is 4.10. The highest BCUT2D eigenvalue weighted by atomic mass is 35.5. The van der Waals surface area contributed by atoms with Crippen LogP contribution in [0.5, 0.6) is 5.75 Å². The SMILES string of the molecule is O=C(CN1C(=O)COc2c(Cl)cccc21)Nc1ccc2nc[nH]c(=O)c2c1. The zero-order valence-electron chi connectivity index (χ0n) is 13.9. The molecule has 4 rings (SSSR count). The second-order valence-corrected chi connectivity index (χ2v) is 6.28. The predicted octanol–water partition coefficient (Wildman–Crippen LogP) is 1.94. The lowest BCUT2D eigenvalue weighted by Crippen LogP contribution is -2.43. The number of rotatable bonds is 3. The van der Waals surface area contributed by atoms with Gasteiger partial charge in [-0.2, -0.15) is 0 Å². The number of carbonyl (C=O) groups is 2. The summed E-state index contributed by atoms with van der Waals surface area (Å²) >= 11 is 6.09. The van der Waals surface area contributed by atoms with Gasteiger partial charge in [0.1, 0.15) is 6.54 Å². The predicted molar refractivity (Wildman–Crippen MR) is 100 cm³/mol. The summed E-state index contributed by atoms with van der Waals surface area (Å²) in [6.45, 7) is -0.405. The van der Waals surface area contributed by atoms with Gasteiger partial charge in [0.2, 0.25) is 5.91 Å². The Morgan fingerprint density at radius 1 is 1.30 bits per heavy atom. The molecule has 0 saturated heterocycles. The average Bonchev–Trinajstić information content (AvgIpc) is 2.65. The smallest absolute Gasteiger partial charge is 0.265 e. The molecule has 136 valence electrons. The number of para-hydroxylation sites is 1. The summed E-state index contributed by atoms with van der Waals surface area (Å²) in [6.07, 6.45) is 1.32. The quantitative estimate of drug-likeness (QED) is 0.718. The fraction of sp³-hybridized carbons (Fsp3) is 0.111. The molecule has 2 aromatic carbocycles. The fourth-order valence-electron chi connectivity index (χ4n) is 2.86. The minimum absolute atomic E-state index is 0.193. The zero-order chi connectivity index (χ0) is 19.0. The van der Waals surface area contributed by atoms with Gasteiger partial charge in [0.15, 0.2) is 12.4 Å². The Kier molecular flexibility index (Phi) is 4.25. The van der Waals surface area contributed by atoms with Crippen molar-refractivity contribution in [1.82, 2.24) is 9.97 Å². The summed E-state index contributed by atoms with van der Waals surface area (Å²) in [5.41, 5.74) is 1.08. The largest absolute Gasteiger partial charge is 0.480 e. The van der Waals surface area contributed by atoms with E-state index >= 15 is 0 Å². The topological polar surface area (TPSA) is 104 Å². The fourth-order valence-corrected chi connectivity index (χ4v) is 3.09. The number of H-pyrrole nitrogens is 1. The zero-order valence-corrected chi connectivity index (χ0v) is 14.6. The first-order valence-corrected chi connectivity index (χ1v) is 8.40. The van der Waals surface area contributed by atoms with Gasteiger partial charge in [0, 0.05) is 5.69 Å². The summed E-state index contributed by atoms with van der Waals surface area (Å²) in [5, 5.41) is 3.41. The molecule has 0 unspecified atom stereocenters. The molecule has 2 heterocycles. The molecule has 1 aliphatic heterocycles. The molecule has 0 bridgehead atoms. The normalized spacial score (nSPS) is 13.2. The van der Waals surface area contributed by atoms with Crippen LogP contribution in [0.3, 0.4) is 0 Å². The molecule has 0 atom stereocenters. The summed E-state index contributed by atoms with van der Waals surface area (Å²) < 4.78 is 5.36. The van der Waals surface area contributed by atoms with Crippen LogP contribution in [0.25, 0.3) is 10.9 Å². The van der Waals surface area contributed by atoms with E-state index in [9.17, 15) is 14.4 Å². The summed E-state index contributed by atoms with van der Waals surface area (Å²) in [5.74, 6) is -0.398. The van der Waals surface area contributed by atoms with Gasteiger partial charge in [-0.15, -0.1) is 0 Å². The maximum Gasteiger partial charge on any atom is 0.265 e. The van der Waals surface area contributed by atoms with E-state index < -0.39 is 5.91 Å². The number of nitrogens with one attached hydrogen (secondary N) is 2. The third kappa shape index (κ3) is 3.22. The Bertz CT molecular complexity index is 1130. The molecule has 0 radical (unpaired) electrons. The van der Waals surface area contributed by atoms with Gasteiger partial charge < -0.3 is 15.0 Å². The standard InChI is InChI=1S/C18H13ClN4O4/c19-12-2-1-3-14-17(12)27-8-16(25)23(14)7-15(24)22-10-4-5-13-11(6-10)18(26)21-9-20-13/h1-6,9H,7-8H2,(H,22,24)(H,20,21,26). The van der Waals surface area contributed by atoms with E-state index in [1.165, 1.54) is 17.3 Å². The number of ether oxygens (including phenoxy) is 1. The monoisotopic (exact) mass is 384 g/mol. The molecule has 9 heteroatoms. The molecule has 1 aliphatic rings. The van der Waals surface area contributed by atoms with E-state index in [0.717, 1.165) is 0 Å². The van der Waals surface area contributed by atoms with Crippen molar-refractivity contribution in [3.8, 4) is 5.75 Å². The molecular weight excluding hydrogens is 372 g/mol. The Morgan fingerprint density at radius 3 is 3.00 bits per heavy atom. The number of anilines is 2. The van der Waals surface area contributed by atoms with Crippen molar-refractivity contribution in [2.45, 2.75) is 0 Å². The first-order chi connectivity index (χ1) is 13.0. The van der Waals surface area contributed by atoms with Crippen molar-refractivity contribution in [2.75, 3.05) is 23.4 Å². The van der Waals surface area contributed by atoms with Crippen LogP contribution in [0, 0.1) is 0 Å². The molecule has 0 aliphatic carbocycles. The van der Waals surface area contributed by atoms with Crippen LogP contribution in [0.1, 0.15) is 0 Å². The lowest BCUT2D eigenvalue weighted by molar-refractivity contribution is -0.123. The number of benzene rings is 2. The van der Waals surface area contributed by atoms with Crippen molar-refractivity contribution >= 4 is 45.7 Å². The molecule has 2 amide bonds. The van der Waals surface area contributed by atoms with Gasteiger partial charge in [-0.05, 0) is 30.3 Å². The number of carbonyl (C=O) groups excluding carboxylic acids is 2. The number of aromatic nitrogens is 2. The summed E-state index contributed by atoms with van der Waals surface area (Å²) in [4.78, 5) is 44.4. The number of amides is 2. The maximum absolute atomic E-state index is 12.5. The molecule has 0 fully saturated rings. The molecule has 0 saturated carbocycles. The van der Waals surface area contributed by atoms with Gasteiger partial charge >= 0.3 is 0 Å². The molecular formula is C18H13ClN4O4. The maximum atomic E-state index is 12.5. The van der Waals surface area contributed by atoms with Gasteiger partial charge in [-0.25, -0.2) is 4.98 Å². The Balaban J connectivity index is 1.57. The van der Waals surface area contributed by atoms with E-state index in [1.54, 1.807) is 30.3 Å². The van der Waals surface area contributed by atoms with Crippen LogP contribution >= 0.6 is 11.6 Å². The van der Waals surface area contributed by atoms with Gasteiger partial charge in [-0.1, -0.05) is 17.7 Å². The Morgan fingerprint density at radius 2 is 2.15 bits per heavy atom. The molecule has 0 spiro atoms. The minimum Gasteiger partial charge on any atom is -0.480 e. The highest BCUT2D eigenvalue weighted by molar-refractivity contribution is 6.32. The van der Waals surface area contributed by atoms with Crippen LogP contribution in [0.2, 0.25) is 5.02 Å². The highest BCUT2D eigenvalue weighted by Crippen LogP contribution is 2.37. The molecule has 2 N–H and O–H groups in total. The van der Waals surface area contributed by atoms with Crippen LogP contribution in [0.4, 0.5) is 11.4 Å². The Hall–Kier alpha value is -3.39. The number of fused-ring (bicyclic) bond motifs is 2. The number of hydrogen-bond donors (Lipinski definition) is 2. The van der Waals surface area contributed by atoms with Crippen molar-refractivity contribution in [2.24, 2.45) is 0 Å². The Labute approximate surface area is 157 Å². The van der Waals surface area contributed by atoms with E-state index in [1.807, 2.05) is 0 Å². The van der Waals surface area contributed by atoms with Crippen LogP contribution < -0.4 is 20.5 Å².